The molecule has 0 aromatic heterocycles. The van der Waals surface area contributed by atoms with Crippen molar-refractivity contribution in [1.29, 1.82) is 0 Å². The molecule has 1 aromatic rings. The van der Waals surface area contributed by atoms with E-state index in [1.807, 2.05) is 4.90 Å². The molecule has 1 saturated heterocycles. The number of anilines is 2. The summed E-state index contributed by atoms with van der Waals surface area (Å²) in [6.45, 7) is 3.05. The predicted octanol–water partition coefficient (Wildman–Crippen LogP) is 1.05. The number of hydrogen-bond acceptors (Lipinski definition) is 4. The monoisotopic (exact) mass is 281 g/mol. The summed E-state index contributed by atoms with van der Waals surface area (Å²) in [6.07, 6.45) is 0.959. The molecule has 0 saturated carbocycles. The highest BCUT2D eigenvalue weighted by Gasteiger charge is 2.31. The number of benzene rings is 1. The first-order valence-corrected chi connectivity index (χ1v) is 6.71. The minimum absolute atomic E-state index is 0.00519. The van der Waals surface area contributed by atoms with Crippen LogP contribution in [0.15, 0.2) is 18.2 Å². The second-order valence-electron chi connectivity index (χ2n) is 5.27. The smallest absolute Gasteiger partial charge is 0.238 e. The summed E-state index contributed by atoms with van der Waals surface area (Å²) in [5.41, 5.74) is 6.29. The molecule has 1 heterocycles. The van der Waals surface area contributed by atoms with Gasteiger partial charge in [-0.1, -0.05) is 6.92 Å². The van der Waals surface area contributed by atoms with Gasteiger partial charge in [0.2, 0.25) is 5.91 Å². The maximum absolute atomic E-state index is 13.1. The van der Waals surface area contributed by atoms with E-state index in [4.69, 9.17) is 5.73 Å². The largest absolute Gasteiger partial charge is 0.397 e. The molecule has 5 nitrogen and oxygen atoms in total. The second-order valence-corrected chi connectivity index (χ2v) is 5.27. The molecule has 1 aromatic carbocycles. The van der Waals surface area contributed by atoms with Crippen LogP contribution in [0.2, 0.25) is 0 Å². The number of nitrogens with zero attached hydrogens (tertiary/aromatic N) is 1. The fourth-order valence-electron chi connectivity index (χ4n) is 2.59. The van der Waals surface area contributed by atoms with E-state index in [0.717, 1.165) is 13.0 Å². The van der Waals surface area contributed by atoms with Crippen molar-refractivity contribution < 1.29 is 14.3 Å². The molecule has 2 rings (SSSR count). The predicted molar refractivity (Wildman–Crippen MR) is 75.7 cm³/mol. The van der Waals surface area contributed by atoms with Gasteiger partial charge in [-0.2, -0.15) is 0 Å². The number of nitrogens with one attached hydrogen (secondary N) is 1. The third kappa shape index (κ3) is 3.26. The standard InChI is InChI=1S/C14H20FN3O2/c1-9-4-5-18(13(9)8-19)7-14(20)17-12-6-10(15)2-3-11(12)16/h2-3,6,9,13,19H,4-5,7-8,16H2,1H3,(H,17,20). The van der Waals surface area contributed by atoms with Gasteiger partial charge in [0, 0.05) is 6.04 Å². The van der Waals surface area contributed by atoms with Crippen LogP contribution in [-0.2, 0) is 4.79 Å². The molecule has 2 unspecified atom stereocenters. The van der Waals surface area contributed by atoms with Crippen molar-refractivity contribution >= 4 is 17.3 Å². The number of rotatable bonds is 4. The van der Waals surface area contributed by atoms with E-state index in [9.17, 15) is 14.3 Å². The fraction of sp³-hybridized carbons (Fsp3) is 0.500. The van der Waals surface area contributed by atoms with E-state index in [1.165, 1.54) is 18.2 Å². The van der Waals surface area contributed by atoms with Gasteiger partial charge < -0.3 is 16.2 Å². The van der Waals surface area contributed by atoms with E-state index in [0.29, 0.717) is 11.6 Å². The quantitative estimate of drug-likeness (QED) is 0.721. The maximum Gasteiger partial charge on any atom is 0.238 e. The third-order valence-corrected chi connectivity index (χ3v) is 3.82. The van der Waals surface area contributed by atoms with Gasteiger partial charge in [0.1, 0.15) is 5.82 Å². The van der Waals surface area contributed by atoms with Crippen LogP contribution in [-0.4, -0.2) is 41.7 Å². The molecule has 0 aliphatic carbocycles. The number of amides is 1. The van der Waals surface area contributed by atoms with Gasteiger partial charge in [-0.05, 0) is 37.1 Å². The Labute approximate surface area is 117 Å². The molecule has 0 bridgehead atoms. The number of carbonyl (C=O) groups is 1. The molecule has 4 N–H and O–H groups in total. The molecule has 110 valence electrons. The van der Waals surface area contributed by atoms with E-state index < -0.39 is 5.82 Å². The van der Waals surface area contributed by atoms with Gasteiger partial charge in [0.15, 0.2) is 0 Å². The van der Waals surface area contributed by atoms with Crippen LogP contribution in [0, 0.1) is 11.7 Å². The number of hydrogen-bond donors (Lipinski definition) is 3. The van der Waals surface area contributed by atoms with Crippen molar-refractivity contribution in [2.45, 2.75) is 19.4 Å². The zero-order valence-electron chi connectivity index (χ0n) is 11.5. The van der Waals surface area contributed by atoms with Crippen molar-refractivity contribution in [3.05, 3.63) is 24.0 Å². The van der Waals surface area contributed by atoms with Gasteiger partial charge >= 0.3 is 0 Å². The average Bonchev–Trinajstić information content (AvgIpc) is 2.74. The van der Waals surface area contributed by atoms with Gasteiger partial charge in [-0.25, -0.2) is 4.39 Å². The van der Waals surface area contributed by atoms with E-state index >= 15 is 0 Å². The number of nitrogens with two attached hydrogens (primary N) is 1. The summed E-state index contributed by atoms with van der Waals surface area (Å²) in [4.78, 5) is 13.9. The van der Waals surface area contributed by atoms with E-state index in [2.05, 4.69) is 12.2 Å². The molecule has 1 aliphatic rings. The molecule has 1 fully saturated rings. The average molecular weight is 281 g/mol. The van der Waals surface area contributed by atoms with Gasteiger partial charge in [-0.3, -0.25) is 9.69 Å². The topological polar surface area (TPSA) is 78.6 Å². The van der Waals surface area contributed by atoms with Gasteiger partial charge in [0.25, 0.3) is 0 Å². The maximum atomic E-state index is 13.1. The Morgan fingerprint density at radius 3 is 3.05 bits per heavy atom. The molecule has 2 atom stereocenters. The van der Waals surface area contributed by atoms with Crippen molar-refractivity contribution in [3.63, 3.8) is 0 Å². The molecular formula is C14H20FN3O2. The first-order valence-electron chi connectivity index (χ1n) is 6.71. The Balaban J connectivity index is 1.97. The zero-order chi connectivity index (χ0) is 14.7. The number of likely N-dealkylation sites (tertiary alicyclic amines) is 1. The lowest BCUT2D eigenvalue weighted by atomic mass is 10.0. The van der Waals surface area contributed by atoms with E-state index in [-0.39, 0.29) is 30.8 Å². The lowest BCUT2D eigenvalue weighted by Gasteiger charge is -2.24. The summed E-state index contributed by atoms with van der Waals surface area (Å²) in [5.74, 6) is -0.334. The molecule has 0 spiro atoms. The highest BCUT2D eigenvalue weighted by atomic mass is 19.1. The van der Waals surface area contributed by atoms with Crippen LogP contribution < -0.4 is 11.1 Å². The van der Waals surface area contributed by atoms with Crippen LogP contribution in [0.25, 0.3) is 0 Å². The SMILES string of the molecule is CC1CCN(CC(=O)Nc2cc(F)ccc2N)C1CO. The minimum Gasteiger partial charge on any atom is -0.397 e. The summed E-state index contributed by atoms with van der Waals surface area (Å²) in [6, 6.07) is 3.86. The third-order valence-electron chi connectivity index (χ3n) is 3.82. The van der Waals surface area contributed by atoms with Crippen molar-refractivity contribution in [2.75, 3.05) is 30.7 Å². The Hall–Kier alpha value is -1.66. The number of aliphatic hydroxyl groups excluding tert-OH is 1. The van der Waals surface area contributed by atoms with Crippen molar-refractivity contribution in [1.82, 2.24) is 4.90 Å². The van der Waals surface area contributed by atoms with E-state index in [1.54, 1.807) is 0 Å². The van der Waals surface area contributed by atoms with Crippen molar-refractivity contribution in [2.24, 2.45) is 5.92 Å². The zero-order valence-corrected chi connectivity index (χ0v) is 11.5. The fourth-order valence-corrected chi connectivity index (χ4v) is 2.59. The minimum atomic E-state index is -0.447. The van der Waals surface area contributed by atoms with Crippen LogP contribution in [0.4, 0.5) is 15.8 Å². The van der Waals surface area contributed by atoms with Crippen LogP contribution in [0.1, 0.15) is 13.3 Å². The normalized spacial score (nSPS) is 22.9. The van der Waals surface area contributed by atoms with Gasteiger partial charge in [-0.15, -0.1) is 0 Å². The summed E-state index contributed by atoms with van der Waals surface area (Å²) in [5, 5.41) is 12.0. The first-order chi connectivity index (χ1) is 9.51. The first kappa shape index (κ1) is 14.7. The highest BCUT2D eigenvalue weighted by Crippen LogP contribution is 2.24. The second kappa shape index (κ2) is 6.19. The molecule has 6 heteroatoms. The Morgan fingerprint density at radius 1 is 1.60 bits per heavy atom. The number of halogens is 1. The number of nitrogen functional groups attached to an aromatic ring is 1. The lowest BCUT2D eigenvalue weighted by Crippen LogP contribution is -2.40. The molecule has 1 aliphatic heterocycles. The Morgan fingerprint density at radius 2 is 2.35 bits per heavy atom. The van der Waals surface area contributed by atoms with Crippen LogP contribution in [0.5, 0.6) is 0 Å². The molecule has 20 heavy (non-hydrogen) atoms. The van der Waals surface area contributed by atoms with Crippen molar-refractivity contribution in [3.8, 4) is 0 Å². The Kier molecular flexibility index (Phi) is 4.57. The summed E-state index contributed by atoms with van der Waals surface area (Å²) >= 11 is 0. The number of carbonyl (C=O) groups excluding carboxylic acids is 1. The highest BCUT2D eigenvalue weighted by molar-refractivity contribution is 5.95. The number of aliphatic hydroxyl groups is 1. The lowest BCUT2D eigenvalue weighted by molar-refractivity contribution is -0.117. The summed E-state index contributed by atoms with van der Waals surface area (Å²) in [7, 11) is 0. The molecular weight excluding hydrogens is 261 g/mol. The van der Waals surface area contributed by atoms with Gasteiger partial charge in [0.05, 0.1) is 24.5 Å². The van der Waals surface area contributed by atoms with Crippen LogP contribution in [0.3, 0.4) is 0 Å². The molecule has 1 amide bonds. The van der Waals surface area contributed by atoms with Crippen LogP contribution >= 0.6 is 0 Å². The summed E-state index contributed by atoms with van der Waals surface area (Å²) < 4.78 is 13.1. The molecule has 0 radical (unpaired) electrons. The Bertz CT molecular complexity index is 495.